The van der Waals surface area contributed by atoms with Crippen molar-refractivity contribution in [2.75, 3.05) is 31.6 Å². The average molecular weight is 345 g/mol. The second kappa shape index (κ2) is 9.79. The summed E-state index contributed by atoms with van der Waals surface area (Å²) in [7, 11) is 0. The number of hydrogen-bond donors (Lipinski definition) is 2. The van der Waals surface area contributed by atoms with Crippen LogP contribution in [-0.4, -0.2) is 32.1 Å². The molecule has 1 unspecified atom stereocenters. The van der Waals surface area contributed by atoms with Crippen LogP contribution in [0.3, 0.4) is 0 Å². The van der Waals surface area contributed by atoms with E-state index in [2.05, 4.69) is 12.2 Å². The van der Waals surface area contributed by atoms with Gasteiger partial charge in [-0.1, -0.05) is 25.1 Å². The highest BCUT2D eigenvalue weighted by molar-refractivity contribution is 5.92. The predicted molar refractivity (Wildman–Crippen MR) is 97.6 cm³/mol. The SMILES string of the molecule is CCC[NH+](CCOc1ccc(F)cc1)CC(=O)Nc1ccccc1C. The summed E-state index contributed by atoms with van der Waals surface area (Å²) in [4.78, 5) is 13.5. The Bertz CT molecular complexity index is 674. The minimum absolute atomic E-state index is 0.000433. The number of amides is 1. The van der Waals surface area contributed by atoms with Crippen molar-refractivity contribution in [1.82, 2.24) is 0 Å². The smallest absolute Gasteiger partial charge is 0.279 e. The Labute approximate surface area is 148 Å². The number of ether oxygens (including phenoxy) is 1. The molecule has 0 aliphatic rings. The van der Waals surface area contributed by atoms with Crippen LogP contribution < -0.4 is 15.0 Å². The lowest BCUT2D eigenvalue weighted by Crippen LogP contribution is -3.13. The first-order valence-electron chi connectivity index (χ1n) is 8.66. The highest BCUT2D eigenvalue weighted by atomic mass is 19.1. The third kappa shape index (κ3) is 6.55. The van der Waals surface area contributed by atoms with E-state index in [0.717, 1.165) is 29.1 Å². The van der Waals surface area contributed by atoms with Gasteiger partial charge in [0, 0.05) is 5.69 Å². The van der Waals surface area contributed by atoms with Gasteiger partial charge < -0.3 is 15.0 Å². The molecule has 0 heterocycles. The number of hydrogen-bond acceptors (Lipinski definition) is 2. The molecule has 0 bridgehead atoms. The van der Waals surface area contributed by atoms with E-state index in [1.807, 2.05) is 31.2 Å². The van der Waals surface area contributed by atoms with Crippen LogP contribution >= 0.6 is 0 Å². The number of carbonyl (C=O) groups is 1. The summed E-state index contributed by atoms with van der Waals surface area (Å²) in [5.74, 6) is 0.361. The minimum Gasteiger partial charge on any atom is -0.488 e. The third-order valence-corrected chi connectivity index (χ3v) is 3.97. The first-order chi connectivity index (χ1) is 12.1. The Balaban J connectivity index is 1.82. The van der Waals surface area contributed by atoms with Crippen LogP contribution in [0.1, 0.15) is 18.9 Å². The minimum atomic E-state index is -0.279. The van der Waals surface area contributed by atoms with Gasteiger partial charge in [0.25, 0.3) is 5.91 Å². The number of quaternary nitrogens is 1. The lowest BCUT2D eigenvalue weighted by atomic mass is 10.2. The molecule has 0 spiro atoms. The molecule has 2 aromatic carbocycles. The van der Waals surface area contributed by atoms with Crippen molar-refractivity contribution in [3.8, 4) is 5.75 Å². The van der Waals surface area contributed by atoms with Gasteiger partial charge in [0.2, 0.25) is 0 Å². The molecule has 2 rings (SSSR count). The maximum Gasteiger partial charge on any atom is 0.279 e. The zero-order valence-electron chi connectivity index (χ0n) is 14.8. The van der Waals surface area contributed by atoms with Crippen LogP contribution in [0.15, 0.2) is 48.5 Å². The number of carbonyl (C=O) groups excluding carboxylic acids is 1. The molecule has 0 saturated heterocycles. The highest BCUT2D eigenvalue weighted by Gasteiger charge is 2.14. The highest BCUT2D eigenvalue weighted by Crippen LogP contribution is 2.12. The third-order valence-electron chi connectivity index (χ3n) is 3.97. The van der Waals surface area contributed by atoms with Crippen LogP contribution in [0.25, 0.3) is 0 Å². The Morgan fingerprint density at radius 3 is 2.52 bits per heavy atom. The molecule has 0 radical (unpaired) electrons. The Morgan fingerprint density at radius 1 is 1.12 bits per heavy atom. The molecule has 4 nitrogen and oxygen atoms in total. The molecule has 0 aliphatic carbocycles. The van der Waals surface area contributed by atoms with Gasteiger partial charge >= 0.3 is 0 Å². The van der Waals surface area contributed by atoms with Gasteiger partial charge in [-0.3, -0.25) is 4.79 Å². The first-order valence-corrected chi connectivity index (χ1v) is 8.66. The van der Waals surface area contributed by atoms with E-state index in [0.29, 0.717) is 25.4 Å². The van der Waals surface area contributed by atoms with Gasteiger partial charge in [0.15, 0.2) is 6.54 Å². The molecule has 5 heteroatoms. The number of para-hydroxylation sites is 1. The lowest BCUT2D eigenvalue weighted by Gasteiger charge is -2.19. The Morgan fingerprint density at radius 2 is 1.84 bits per heavy atom. The van der Waals surface area contributed by atoms with Crippen LogP contribution in [0, 0.1) is 12.7 Å². The van der Waals surface area contributed by atoms with Gasteiger partial charge in [0.1, 0.15) is 24.7 Å². The fourth-order valence-electron chi connectivity index (χ4n) is 2.63. The van der Waals surface area contributed by atoms with Gasteiger partial charge in [-0.25, -0.2) is 4.39 Å². The monoisotopic (exact) mass is 345 g/mol. The van der Waals surface area contributed by atoms with E-state index in [9.17, 15) is 9.18 Å². The van der Waals surface area contributed by atoms with Crippen molar-refractivity contribution in [1.29, 1.82) is 0 Å². The molecule has 1 amide bonds. The van der Waals surface area contributed by atoms with Gasteiger partial charge in [-0.2, -0.15) is 0 Å². The number of aryl methyl sites for hydroxylation is 1. The number of benzene rings is 2. The number of nitrogens with one attached hydrogen (secondary N) is 2. The second-order valence-electron chi connectivity index (χ2n) is 6.09. The zero-order chi connectivity index (χ0) is 18.1. The van der Waals surface area contributed by atoms with Crippen molar-refractivity contribution < 1.29 is 18.8 Å². The average Bonchev–Trinajstić information content (AvgIpc) is 2.59. The topological polar surface area (TPSA) is 42.8 Å². The number of halogens is 1. The van der Waals surface area contributed by atoms with Gasteiger partial charge in [0.05, 0.1) is 6.54 Å². The van der Waals surface area contributed by atoms with E-state index in [1.165, 1.54) is 12.1 Å². The summed E-state index contributed by atoms with van der Waals surface area (Å²) in [5.41, 5.74) is 1.90. The van der Waals surface area contributed by atoms with Crippen molar-refractivity contribution >= 4 is 11.6 Å². The van der Waals surface area contributed by atoms with Crippen LogP contribution in [0.5, 0.6) is 5.75 Å². The van der Waals surface area contributed by atoms with Crippen molar-refractivity contribution in [2.24, 2.45) is 0 Å². The number of anilines is 1. The molecule has 0 fully saturated rings. The standard InChI is InChI=1S/C20H25FN2O2/c1-3-12-23(13-14-25-18-10-8-17(21)9-11-18)15-20(24)22-19-7-5-4-6-16(19)2/h4-11H,3,12-15H2,1-2H3,(H,22,24)/p+1. The zero-order valence-corrected chi connectivity index (χ0v) is 14.8. The number of rotatable bonds is 9. The molecule has 2 N–H and O–H groups in total. The summed E-state index contributed by atoms with van der Waals surface area (Å²) in [6.07, 6.45) is 0.990. The summed E-state index contributed by atoms with van der Waals surface area (Å²) in [6, 6.07) is 13.7. The molecule has 0 saturated carbocycles. The van der Waals surface area contributed by atoms with Gasteiger partial charge in [-0.15, -0.1) is 0 Å². The molecule has 25 heavy (non-hydrogen) atoms. The fourth-order valence-corrected chi connectivity index (χ4v) is 2.63. The Kier molecular flexibility index (Phi) is 7.41. The summed E-state index contributed by atoms with van der Waals surface area (Å²) in [6.45, 7) is 6.57. The van der Waals surface area contributed by atoms with Crippen molar-refractivity contribution in [3.05, 3.63) is 59.9 Å². The predicted octanol–water partition coefficient (Wildman–Crippen LogP) is 2.45. The van der Waals surface area contributed by atoms with Gasteiger partial charge in [-0.05, 0) is 49.2 Å². The van der Waals surface area contributed by atoms with Crippen LogP contribution in [0.2, 0.25) is 0 Å². The van der Waals surface area contributed by atoms with E-state index in [1.54, 1.807) is 12.1 Å². The quantitative estimate of drug-likeness (QED) is 0.733. The second-order valence-corrected chi connectivity index (χ2v) is 6.09. The van der Waals surface area contributed by atoms with E-state index >= 15 is 0 Å². The first kappa shape index (κ1) is 18.9. The Hall–Kier alpha value is -2.40. The van der Waals surface area contributed by atoms with Crippen molar-refractivity contribution in [3.63, 3.8) is 0 Å². The van der Waals surface area contributed by atoms with E-state index < -0.39 is 0 Å². The maximum absolute atomic E-state index is 12.9. The molecule has 1 atom stereocenters. The van der Waals surface area contributed by atoms with Crippen LogP contribution in [0.4, 0.5) is 10.1 Å². The summed E-state index contributed by atoms with van der Waals surface area (Å²) < 4.78 is 18.5. The molecule has 134 valence electrons. The summed E-state index contributed by atoms with van der Waals surface area (Å²) in [5, 5.41) is 2.97. The summed E-state index contributed by atoms with van der Waals surface area (Å²) >= 11 is 0. The molecule has 2 aromatic rings. The molecule has 0 aliphatic heterocycles. The van der Waals surface area contributed by atoms with E-state index in [-0.39, 0.29) is 11.7 Å². The van der Waals surface area contributed by atoms with E-state index in [4.69, 9.17) is 4.74 Å². The molecular weight excluding hydrogens is 319 g/mol. The normalized spacial score (nSPS) is 11.8. The fraction of sp³-hybridized carbons (Fsp3) is 0.350. The lowest BCUT2D eigenvalue weighted by molar-refractivity contribution is -0.891. The maximum atomic E-state index is 12.9. The van der Waals surface area contributed by atoms with Crippen molar-refractivity contribution in [2.45, 2.75) is 20.3 Å². The largest absolute Gasteiger partial charge is 0.488 e. The van der Waals surface area contributed by atoms with Crippen LogP contribution in [-0.2, 0) is 4.79 Å². The molecular formula is C20H26FN2O2+. The molecule has 0 aromatic heterocycles.